The molecule has 43 heavy (non-hydrogen) atoms. The number of pyridine rings is 1. The first-order valence-corrected chi connectivity index (χ1v) is 13.1. The maximum Gasteiger partial charge on any atom is 0.573 e. The summed E-state index contributed by atoms with van der Waals surface area (Å²) in [6.07, 6.45) is -5.90. The molecule has 2 heterocycles. The first kappa shape index (κ1) is 30.0. The number of ether oxygens (including phenoxy) is 2. The van der Waals surface area contributed by atoms with E-state index in [4.69, 9.17) is 4.74 Å². The summed E-state index contributed by atoms with van der Waals surface area (Å²) < 4.78 is 101. The molecule has 0 aliphatic heterocycles. The number of aromatic nitrogens is 2. The van der Waals surface area contributed by atoms with Gasteiger partial charge < -0.3 is 20.1 Å². The summed E-state index contributed by atoms with van der Waals surface area (Å²) in [6, 6.07) is 8.97. The number of carbonyl (C=O) groups excluding carboxylic acids is 1. The lowest BCUT2D eigenvalue weighted by Gasteiger charge is -2.15. The standard InChI is InChI=1S/C29H25F7N4O3/c1-16-11-17(3-5-20(16)26(41)39-27(2)7-8-27)23-14-38-25-22(37-10-9-28(31,32)33)13-19(15-40(23)25)42-18-4-6-24(21(30)12-18)43-29(34,35)36/h3-6,11-15,37H,7-10H2,1-2H3,(H,39,41). The van der Waals surface area contributed by atoms with Crippen LogP contribution in [-0.2, 0) is 0 Å². The number of benzene rings is 2. The smallest absolute Gasteiger partial charge is 0.456 e. The predicted octanol–water partition coefficient (Wildman–Crippen LogP) is 7.79. The SMILES string of the molecule is Cc1cc(-c2cnc3c(NCCC(F)(F)F)cc(Oc4ccc(OC(F)(F)F)c(F)c4)cn23)ccc1C(=O)NC1(C)CC1. The lowest BCUT2D eigenvalue weighted by Crippen LogP contribution is -2.34. The fourth-order valence-corrected chi connectivity index (χ4v) is 4.42. The van der Waals surface area contributed by atoms with Crippen LogP contribution in [0.1, 0.15) is 42.1 Å². The number of nitrogens with one attached hydrogen (secondary N) is 2. The number of carbonyl (C=O) groups is 1. The molecule has 0 saturated heterocycles. The highest BCUT2D eigenvalue weighted by Gasteiger charge is 2.39. The Bertz CT molecular complexity index is 1680. The molecular weight excluding hydrogens is 585 g/mol. The van der Waals surface area contributed by atoms with Gasteiger partial charge in [0.1, 0.15) is 11.5 Å². The highest BCUT2D eigenvalue weighted by atomic mass is 19.4. The molecule has 0 radical (unpaired) electrons. The van der Waals surface area contributed by atoms with E-state index in [0.717, 1.165) is 25.0 Å². The Morgan fingerprint density at radius 2 is 1.79 bits per heavy atom. The third-order valence-electron chi connectivity index (χ3n) is 6.85. The molecule has 5 rings (SSSR count). The van der Waals surface area contributed by atoms with Gasteiger partial charge in [0.25, 0.3) is 5.91 Å². The van der Waals surface area contributed by atoms with Gasteiger partial charge in [-0.15, -0.1) is 13.2 Å². The molecule has 0 unspecified atom stereocenters. The largest absolute Gasteiger partial charge is 0.573 e. The average molecular weight is 611 g/mol. The zero-order valence-electron chi connectivity index (χ0n) is 22.8. The second kappa shape index (κ2) is 11.0. The van der Waals surface area contributed by atoms with Gasteiger partial charge in [0.2, 0.25) is 0 Å². The molecule has 0 spiro atoms. The zero-order valence-corrected chi connectivity index (χ0v) is 22.8. The molecule has 1 saturated carbocycles. The van der Waals surface area contributed by atoms with Crippen molar-refractivity contribution in [1.82, 2.24) is 14.7 Å². The average Bonchev–Trinajstić information content (AvgIpc) is 3.45. The van der Waals surface area contributed by atoms with Gasteiger partial charge >= 0.3 is 12.5 Å². The molecule has 2 N–H and O–H groups in total. The lowest BCUT2D eigenvalue weighted by atomic mass is 10.0. The van der Waals surface area contributed by atoms with E-state index in [9.17, 15) is 35.5 Å². The maximum absolute atomic E-state index is 14.3. The molecule has 0 bridgehead atoms. The molecule has 14 heteroatoms. The number of alkyl halides is 6. The van der Waals surface area contributed by atoms with Crippen molar-refractivity contribution in [3.8, 4) is 28.5 Å². The normalized spacial score (nSPS) is 14.4. The quantitative estimate of drug-likeness (QED) is 0.189. The molecule has 7 nitrogen and oxygen atoms in total. The fourth-order valence-electron chi connectivity index (χ4n) is 4.42. The number of rotatable bonds is 9. The van der Waals surface area contributed by atoms with Crippen LogP contribution >= 0.6 is 0 Å². The van der Waals surface area contributed by atoms with E-state index in [1.807, 2.05) is 6.92 Å². The fraction of sp³-hybridized carbons (Fsp3) is 0.310. The molecule has 4 aromatic rings. The Morgan fingerprint density at radius 3 is 2.42 bits per heavy atom. The zero-order chi connectivity index (χ0) is 31.2. The number of anilines is 1. The molecule has 228 valence electrons. The topological polar surface area (TPSA) is 76.9 Å². The third-order valence-corrected chi connectivity index (χ3v) is 6.85. The Hall–Kier alpha value is -4.49. The van der Waals surface area contributed by atoms with Crippen LogP contribution in [0.4, 0.5) is 36.4 Å². The Morgan fingerprint density at radius 1 is 1.05 bits per heavy atom. The number of aryl methyl sites for hydroxylation is 1. The first-order chi connectivity index (χ1) is 20.1. The van der Waals surface area contributed by atoms with Crippen LogP contribution < -0.4 is 20.1 Å². The second-order valence-electron chi connectivity index (χ2n) is 10.5. The highest BCUT2D eigenvalue weighted by molar-refractivity contribution is 5.97. The Balaban J connectivity index is 1.49. The number of nitrogens with zero attached hydrogens (tertiary/aromatic N) is 2. The number of halogens is 7. The van der Waals surface area contributed by atoms with Crippen LogP contribution in [0.15, 0.2) is 54.9 Å². The number of amides is 1. The lowest BCUT2D eigenvalue weighted by molar-refractivity contribution is -0.275. The van der Waals surface area contributed by atoms with Gasteiger partial charge in [-0.2, -0.15) is 13.2 Å². The molecule has 1 fully saturated rings. The van der Waals surface area contributed by atoms with Gasteiger partial charge in [-0.1, -0.05) is 6.07 Å². The molecular formula is C29H25F7N4O3. The van der Waals surface area contributed by atoms with Crippen LogP contribution in [0.25, 0.3) is 16.9 Å². The molecule has 1 amide bonds. The van der Waals surface area contributed by atoms with Crippen LogP contribution in [0.3, 0.4) is 0 Å². The van der Waals surface area contributed by atoms with E-state index in [1.54, 1.807) is 29.5 Å². The van der Waals surface area contributed by atoms with Crippen LogP contribution in [0.5, 0.6) is 17.2 Å². The van der Waals surface area contributed by atoms with E-state index in [-0.39, 0.29) is 34.3 Å². The Labute approximate surface area is 240 Å². The van der Waals surface area contributed by atoms with Crippen molar-refractivity contribution in [3.63, 3.8) is 0 Å². The summed E-state index contributed by atoms with van der Waals surface area (Å²) in [5.41, 5.74) is 2.53. The summed E-state index contributed by atoms with van der Waals surface area (Å²) in [6.45, 7) is 3.26. The van der Waals surface area contributed by atoms with E-state index < -0.39 is 37.1 Å². The van der Waals surface area contributed by atoms with Crippen molar-refractivity contribution in [2.24, 2.45) is 0 Å². The summed E-state index contributed by atoms with van der Waals surface area (Å²) in [5, 5.41) is 5.70. The second-order valence-corrected chi connectivity index (χ2v) is 10.5. The summed E-state index contributed by atoms with van der Waals surface area (Å²) in [7, 11) is 0. The van der Waals surface area contributed by atoms with Crippen molar-refractivity contribution in [3.05, 3.63) is 71.8 Å². The van der Waals surface area contributed by atoms with Crippen LogP contribution in [0, 0.1) is 12.7 Å². The minimum absolute atomic E-state index is 0.0237. The minimum atomic E-state index is -5.10. The van der Waals surface area contributed by atoms with Gasteiger partial charge in [-0.25, -0.2) is 9.37 Å². The van der Waals surface area contributed by atoms with Crippen molar-refractivity contribution in [1.29, 1.82) is 0 Å². The summed E-state index contributed by atoms with van der Waals surface area (Å²) in [5.74, 6) is -2.76. The van der Waals surface area contributed by atoms with Gasteiger partial charge in [0.15, 0.2) is 17.2 Å². The Kier molecular flexibility index (Phi) is 7.65. The third kappa shape index (κ3) is 7.30. The summed E-state index contributed by atoms with van der Waals surface area (Å²) in [4.78, 5) is 17.1. The molecule has 1 aliphatic carbocycles. The van der Waals surface area contributed by atoms with Gasteiger partial charge in [0, 0.05) is 35.3 Å². The monoisotopic (exact) mass is 610 g/mol. The molecule has 2 aromatic heterocycles. The van der Waals surface area contributed by atoms with E-state index in [2.05, 4.69) is 20.4 Å². The number of hydrogen-bond donors (Lipinski definition) is 2. The van der Waals surface area contributed by atoms with Crippen molar-refractivity contribution in [2.45, 2.75) is 51.2 Å². The molecule has 0 atom stereocenters. The predicted molar refractivity (Wildman–Crippen MR) is 143 cm³/mol. The van der Waals surface area contributed by atoms with E-state index in [1.165, 1.54) is 18.5 Å². The van der Waals surface area contributed by atoms with Crippen LogP contribution in [0.2, 0.25) is 0 Å². The van der Waals surface area contributed by atoms with Gasteiger partial charge in [-0.3, -0.25) is 9.20 Å². The molecule has 2 aromatic carbocycles. The van der Waals surface area contributed by atoms with Crippen molar-refractivity contribution in [2.75, 3.05) is 11.9 Å². The van der Waals surface area contributed by atoms with Crippen molar-refractivity contribution >= 4 is 17.2 Å². The first-order valence-electron chi connectivity index (χ1n) is 13.1. The summed E-state index contributed by atoms with van der Waals surface area (Å²) >= 11 is 0. The number of hydrogen-bond acceptors (Lipinski definition) is 5. The van der Waals surface area contributed by atoms with E-state index in [0.29, 0.717) is 28.5 Å². The van der Waals surface area contributed by atoms with Crippen LogP contribution in [-0.4, -0.2) is 39.9 Å². The van der Waals surface area contributed by atoms with E-state index >= 15 is 0 Å². The maximum atomic E-state index is 14.3. The molecule has 1 aliphatic rings. The van der Waals surface area contributed by atoms with Gasteiger partial charge in [-0.05, 0) is 56.5 Å². The minimum Gasteiger partial charge on any atom is -0.456 e. The van der Waals surface area contributed by atoms with Gasteiger partial charge in [0.05, 0.1) is 30.2 Å². The number of fused-ring (bicyclic) bond motifs is 1. The van der Waals surface area contributed by atoms with Crippen molar-refractivity contribution < 1.29 is 45.0 Å². The highest BCUT2D eigenvalue weighted by Crippen LogP contribution is 2.36. The number of imidazole rings is 1.